The maximum absolute atomic E-state index is 14.7. The van der Waals surface area contributed by atoms with E-state index in [-0.39, 0.29) is 42.1 Å². The molecular formula is C55H56N2O6Si. The lowest BCUT2D eigenvalue weighted by Crippen LogP contribution is -2.66. The Kier molecular flexibility index (Phi) is 13.3. The van der Waals surface area contributed by atoms with Gasteiger partial charge in [-0.25, -0.2) is 0 Å². The van der Waals surface area contributed by atoms with Gasteiger partial charge in [0.15, 0.2) is 0 Å². The standard InChI is InChI=1S/C55H56N2O6Si/c1-55(2,3)64(46-23-12-6-13-24-46,47-25-14-7-15-26-47)63-37-41-35-48-52(54(62)57(53(48)61)44-30-28-43(29-31-44)56-42-20-10-5-11-21-42)49(36-58)51(41)50(60)32-27-40(39-18-8-4-9-19-39)33-38-17-16-22-45(59)34-38/h4-26,28-31,33-34,48-50,52,56,58-60H,27,32,35-37H2,1-3H3/b40-33-/t48-,49+,50-,52-/m1/s1. The van der Waals surface area contributed by atoms with Crippen molar-refractivity contribution in [2.75, 3.05) is 23.4 Å². The third kappa shape index (κ3) is 9.03. The molecule has 2 amide bonds. The van der Waals surface area contributed by atoms with Crippen LogP contribution in [0.2, 0.25) is 5.04 Å². The largest absolute Gasteiger partial charge is 0.508 e. The van der Waals surface area contributed by atoms with Gasteiger partial charge in [0.05, 0.1) is 36.8 Å². The second-order valence-corrected chi connectivity index (χ2v) is 22.2. The van der Waals surface area contributed by atoms with Crippen LogP contribution >= 0.6 is 0 Å². The van der Waals surface area contributed by atoms with Crippen molar-refractivity contribution in [3.63, 3.8) is 0 Å². The molecule has 4 atom stereocenters. The number of aliphatic hydroxyl groups is 2. The van der Waals surface area contributed by atoms with E-state index in [1.54, 1.807) is 30.3 Å². The highest BCUT2D eigenvalue weighted by Crippen LogP contribution is 2.48. The molecule has 8 rings (SSSR count). The molecule has 9 heteroatoms. The third-order valence-corrected chi connectivity index (χ3v) is 17.8. The molecule has 1 aliphatic heterocycles. The van der Waals surface area contributed by atoms with Gasteiger partial charge < -0.3 is 25.1 Å². The minimum Gasteiger partial charge on any atom is -0.508 e. The van der Waals surface area contributed by atoms with E-state index in [1.807, 2.05) is 121 Å². The topological polar surface area (TPSA) is 119 Å². The van der Waals surface area contributed by atoms with Crippen LogP contribution in [0.15, 0.2) is 181 Å². The number of hydrogen-bond acceptors (Lipinski definition) is 7. The monoisotopic (exact) mass is 868 g/mol. The number of anilines is 3. The van der Waals surface area contributed by atoms with Crippen LogP contribution in [-0.4, -0.2) is 54.8 Å². The van der Waals surface area contributed by atoms with Crippen LogP contribution in [-0.2, 0) is 14.0 Å². The summed E-state index contributed by atoms with van der Waals surface area (Å²) in [5.41, 5.74) is 6.23. The van der Waals surface area contributed by atoms with E-state index in [9.17, 15) is 24.9 Å². The second kappa shape index (κ2) is 19.2. The Bertz CT molecular complexity index is 2570. The van der Waals surface area contributed by atoms with Crippen molar-refractivity contribution in [2.24, 2.45) is 17.8 Å². The number of allylic oxidation sites excluding steroid dienone is 1. The fraction of sp³-hybridized carbons (Fsp3) is 0.236. The summed E-state index contributed by atoms with van der Waals surface area (Å²) in [5.74, 6) is -3.02. The first-order valence-electron chi connectivity index (χ1n) is 22.1. The van der Waals surface area contributed by atoms with Crippen molar-refractivity contribution >= 4 is 59.2 Å². The molecule has 6 aromatic carbocycles. The fourth-order valence-corrected chi connectivity index (χ4v) is 14.4. The molecule has 6 aromatic rings. The summed E-state index contributed by atoms with van der Waals surface area (Å²) in [6.45, 7) is 6.29. The molecule has 2 aliphatic rings. The van der Waals surface area contributed by atoms with E-state index in [0.29, 0.717) is 17.7 Å². The van der Waals surface area contributed by atoms with Crippen molar-refractivity contribution in [1.82, 2.24) is 0 Å². The van der Waals surface area contributed by atoms with Gasteiger partial charge in [0, 0.05) is 17.3 Å². The summed E-state index contributed by atoms with van der Waals surface area (Å²) in [7, 11) is -3.10. The highest BCUT2D eigenvalue weighted by atomic mass is 28.4. The maximum atomic E-state index is 14.7. The van der Waals surface area contributed by atoms with Crippen LogP contribution in [0, 0.1) is 17.8 Å². The lowest BCUT2D eigenvalue weighted by molar-refractivity contribution is -0.123. The molecule has 0 bridgehead atoms. The van der Waals surface area contributed by atoms with Crippen molar-refractivity contribution in [2.45, 2.75) is 51.2 Å². The molecule has 1 fully saturated rings. The normalized spacial score (nSPS) is 18.5. The number of fused-ring (bicyclic) bond motifs is 1. The SMILES string of the molecule is CC(C)(C)[Si](OCC1=C([C@H](O)CC/C(=C/c2cccc(O)c2)c2ccccc2)[C@H](CO)[C@@H]2C(=O)N(c3ccc(Nc4ccccc4)cc3)C(=O)[C@@H]2C1)(c1ccccc1)c1ccccc1. The van der Waals surface area contributed by atoms with Crippen molar-refractivity contribution < 1.29 is 29.3 Å². The Morgan fingerprint density at radius 1 is 0.766 bits per heavy atom. The van der Waals surface area contributed by atoms with Crippen LogP contribution in [0.1, 0.15) is 51.2 Å². The molecule has 0 spiro atoms. The number of amides is 2. The van der Waals surface area contributed by atoms with E-state index >= 15 is 0 Å². The average molecular weight is 869 g/mol. The predicted molar refractivity (Wildman–Crippen MR) is 259 cm³/mol. The molecule has 0 aromatic heterocycles. The zero-order valence-corrected chi connectivity index (χ0v) is 37.6. The number of imide groups is 1. The molecule has 326 valence electrons. The number of hydrogen-bond donors (Lipinski definition) is 4. The summed E-state index contributed by atoms with van der Waals surface area (Å²) < 4.78 is 7.48. The van der Waals surface area contributed by atoms with Crippen molar-refractivity contribution in [3.8, 4) is 5.75 Å². The number of phenols is 1. The van der Waals surface area contributed by atoms with Gasteiger partial charge in [-0.3, -0.25) is 14.5 Å². The Labute approximate surface area is 377 Å². The van der Waals surface area contributed by atoms with Gasteiger partial charge in [-0.15, -0.1) is 0 Å². The van der Waals surface area contributed by atoms with E-state index in [0.717, 1.165) is 44.0 Å². The van der Waals surface area contributed by atoms with Gasteiger partial charge in [-0.1, -0.05) is 148 Å². The Morgan fingerprint density at radius 2 is 1.34 bits per heavy atom. The number of aromatic hydroxyl groups is 1. The highest BCUT2D eigenvalue weighted by molar-refractivity contribution is 6.99. The zero-order valence-electron chi connectivity index (χ0n) is 36.6. The molecule has 0 radical (unpaired) electrons. The number of phenolic OH excluding ortho intramolecular Hbond substituents is 1. The van der Waals surface area contributed by atoms with Crippen molar-refractivity contribution in [1.29, 1.82) is 0 Å². The van der Waals surface area contributed by atoms with Crippen LogP contribution in [0.25, 0.3) is 11.6 Å². The molecule has 1 heterocycles. The van der Waals surface area contributed by atoms with E-state index in [2.05, 4.69) is 50.4 Å². The van der Waals surface area contributed by atoms with Gasteiger partial charge in [0.2, 0.25) is 11.8 Å². The summed E-state index contributed by atoms with van der Waals surface area (Å²) in [6, 6.07) is 54.6. The quantitative estimate of drug-likeness (QED) is 0.0352. The number of carbonyl (C=O) groups is 2. The number of para-hydroxylation sites is 1. The third-order valence-electron chi connectivity index (χ3n) is 12.9. The Balaban J connectivity index is 1.18. The molecule has 0 saturated carbocycles. The minimum absolute atomic E-state index is 0.103. The van der Waals surface area contributed by atoms with Gasteiger partial charge in [0.1, 0.15) is 5.75 Å². The molecule has 1 aliphatic carbocycles. The zero-order chi connectivity index (χ0) is 44.8. The second-order valence-electron chi connectivity index (χ2n) is 17.9. The van der Waals surface area contributed by atoms with Crippen LogP contribution < -0.4 is 20.6 Å². The molecule has 64 heavy (non-hydrogen) atoms. The number of nitrogens with zero attached hydrogens (tertiary/aromatic N) is 1. The maximum Gasteiger partial charge on any atom is 0.261 e. The number of benzene rings is 6. The predicted octanol–water partition coefficient (Wildman–Crippen LogP) is 9.51. The van der Waals surface area contributed by atoms with Gasteiger partial charge in [-0.05, 0) is 111 Å². The summed E-state index contributed by atoms with van der Waals surface area (Å²) >= 11 is 0. The fourth-order valence-electron chi connectivity index (χ4n) is 9.90. The van der Waals surface area contributed by atoms with Crippen LogP contribution in [0.5, 0.6) is 5.75 Å². The number of aliphatic hydroxyl groups excluding tert-OH is 2. The Morgan fingerprint density at radius 3 is 1.92 bits per heavy atom. The van der Waals surface area contributed by atoms with E-state index < -0.39 is 38.8 Å². The lowest BCUT2D eigenvalue weighted by atomic mass is 9.68. The van der Waals surface area contributed by atoms with Gasteiger partial charge >= 0.3 is 0 Å². The lowest BCUT2D eigenvalue weighted by Gasteiger charge is -2.44. The highest BCUT2D eigenvalue weighted by Gasteiger charge is 2.56. The van der Waals surface area contributed by atoms with E-state index in [1.165, 1.54) is 4.90 Å². The first-order valence-corrected chi connectivity index (χ1v) is 24.0. The van der Waals surface area contributed by atoms with Crippen LogP contribution in [0.3, 0.4) is 0 Å². The van der Waals surface area contributed by atoms with Gasteiger partial charge in [0.25, 0.3) is 8.32 Å². The molecular weight excluding hydrogens is 813 g/mol. The number of nitrogens with one attached hydrogen (secondary N) is 1. The summed E-state index contributed by atoms with van der Waals surface area (Å²) in [4.78, 5) is 30.6. The van der Waals surface area contributed by atoms with E-state index in [4.69, 9.17) is 4.43 Å². The Hall–Kier alpha value is -6.36. The molecule has 1 saturated heterocycles. The first-order chi connectivity index (χ1) is 31.0. The number of rotatable bonds is 15. The van der Waals surface area contributed by atoms with Crippen LogP contribution in [0.4, 0.5) is 17.1 Å². The smallest absolute Gasteiger partial charge is 0.261 e. The molecule has 8 nitrogen and oxygen atoms in total. The number of carbonyl (C=O) groups excluding carboxylic acids is 2. The summed E-state index contributed by atoms with van der Waals surface area (Å²) in [6.07, 6.45) is 1.86. The average Bonchev–Trinajstić information content (AvgIpc) is 3.56. The molecule has 4 N–H and O–H groups in total. The first kappa shape index (κ1) is 44.3. The minimum atomic E-state index is -3.10. The van der Waals surface area contributed by atoms with Gasteiger partial charge in [-0.2, -0.15) is 0 Å². The van der Waals surface area contributed by atoms with Crippen molar-refractivity contribution in [3.05, 3.63) is 192 Å². The molecule has 0 unspecified atom stereocenters. The summed E-state index contributed by atoms with van der Waals surface area (Å²) in [5, 5.41) is 39.5.